The number of nitrogens with one attached hydrogen (secondary N) is 1. The van der Waals surface area contributed by atoms with E-state index in [-0.39, 0.29) is 14.8 Å². The molecule has 2 N–H and O–H groups in total. The molecule has 0 atom stereocenters. The van der Waals surface area contributed by atoms with Crippen LogP contribution in [-0.2, 0) is 6.61 Å². The third-order valence-corrected chi connectivity index (χ3v) is 2.57. The molecule has 0 aliphatic carbocycles. The van der Waals surface area contributed by atoms with Crippen molar-refractivity contribution in [3.63, 3.8) is 0 Å². The highest BCUT2D eigenvalue weighted by atomic mass is 127. The van der Waals surface area contributed by atoms with Crippen molar-refractivity contribution < 1.29 is 13.9 Å². The van der Waals surface area contributed by atoms with E-state index >= 15 is 0 Å². The zero-order chi connectivity index (χ0) is 10.0. The maximum absolute atomic E-state index is 12.3. The van der Waals surface area contributed by atoms with Gasteiger partial charge in [0, 0.05) is 11.3 Å². The fraction of sp³-hybridized carbons (Fsp3) is 0.286. The van der Waals surface area contributed by atoms with Gasteiger partial charge in [0.25, 0.3) is 12.0 Å². The van der Waals surface area contributed by atoms with E-state index in [1.165, 1.54) is 0 Å². The molecule has 0 aliphatic rings. The standard InChI is InChI=1S/C7H6F2INO2/c8-6(9)4-1-3(2-12)11-7(13)5(4)10/h1,6,12H,2H2,(H,11,13). The van der Waals surface area contributed by atoms with Crippen LogP contribution < -0.4 is 5.56 Å². The zero-order valence-electron chi connectivity index (χ0n) is 6.35. The van der Waals surface area contributed by atoms with Crippen molar-refractivity contribution in [1.82, 2.24) is 4.98 Å². The van der Waals surface area contributed by atoms with Crippen LogP contribution in [0.3, 0.4) is 0 Å². The highest BCUT2D eigenvalue weighted by Crippen LogP contribution is 2.22. The first-order valence-electron chi connectivity index (χ1n) is 3.37. The van der Waals surface area contributed by atoms with Crippen LogP contribution in [0.15, 0.2) is 10.9 Å². The molecule has 1 heterocycles. The lowest BCUT2D eigenvalue weighted by Crippen LogP contribution is -2.15. The molecule has 0 unspecified atom stereocenters. The van der Waals surface area contributed by atoms with Crippen molar-refractivity contribution >= 4 is 22.6 Å². The van der Waals surface area contributed by atoms with Gasteiger partial charge in [-0.2, -0.15) is 0 Å². The van der Waals surface area contributed by atoms with Crippen molar-refractivity contribution in [2.24, 2.45) is 0 Å². The Kier molecular flexibility index (Phi) is 3.37. The largest absolute Gasteiger partial charge is 0.390 e. The quantitative estimate of drug-likeness (QED) is 0.812. The van der Waals surface area contributed by atoms with Gasteiger partial charge < -0.3 is 10.1 Å². The Balaban J connectivity index is 3.33. The first kappa shape index (κ1) is 10.6. The number of rotatable bonds is 2. The summed E-state index contributed by atoms with van der Waals surface area (Å²) in [5, 5.41) is 8.64. The molecular formula is C7H6F2INO2. The Bertz CT molecular complexity index is 364. The summed E-state index contributed by atoms with van der Waals surface area (Å²) in [6.07, 6.45) is -2.69. The SMILES string of the molecule is O=c1[nH]c(CO)cc(C(F)F)c1I. The average molecular weight is 301 g/mol. The van der Waals surface area contributed by atoms with Gasteiger partial charge in [-0.25, -0.2) is 8.78 Å². The lowest BCUT2D eigenvalue weighted by Gasteiger charge is -2.04. The Morgan fingerprint density at radius 1 is 1.62 bits per heavy atom. The third-order valence-electron chi connectivity index (χ3n) is 1.46. The van der Waals surface area contributed by atoms with Gasteiger partial charge in [0.1, 0.15) is 0 Å². The Labute approximate surface area is 85.9 Å². The van der Waals surface area contributed by atoms with Crippen molar-refractivity contribution in [3.05, 3.63) is 31.2 Å². The predicted molar refractivity (Wildman–Crippen MR) is 50.7 cm³/mol. The molecule has 0 aromatic carbocycles. The Morgan fingerprint density at radius 2 is 2.23 bits per heavy atom. The minimum atomic E-state index is -2.69. The molecule has 0 fully saturated rings. The van der Waals surface area contributed by atoms with Gasteiger partial charge in [-0.1, -0.05) is 0 Å². The van der Waals surface area contributed by atoms with Crippen LogP contribution in [0, 0.1) is 3.57 Å². The van der Waals surface area contributed by atoms with E-state index in [1.54, 1.807) is 22.6 Å². The fourth-order valence-corrected chi connectivity index (χ4v) is 1.39. The van der Waals surface area contributed by atoms with Gasteiger partial charge in [-0.05, 0) is 28.7 Å². The smallest absolute Gasteiger partial charge is 0.265 e. The van der Waals surface area contributed by atoms with Gasteiger partial charge in [0.15, 0.2) is 0 Å². The fourth-order valence-electron chi connectivity index (χ4n) is 0.863. The van der Waals surface area contributed by atoms with Gasteiger partial charge >= 0.3 is 0 Å². The topological polar surface area (TPSA) is 53.1 Å². The zero-order valence-corrected chi connectivity index (χ0v) is 8.51. The summed E-state index contributed by atoms with van der Waals surface area (Å²) in [5.74, 6) is 0. The number of aliphatic hydroxyl groups excluding tert-OH is 1. The normalized spacial score (nSPS) is 10.8. The van der Waals surface area contributed by atoms with Crippen LogP contribution in [0.2, 0.25) is 0 Å². The summed E-state index contributed by atoms with van der Waals surface area (Å²) in [6.45, 7) is -0.453. The number of hydrogen-bond acceptors (Lipinski definition) is 2. The number of H-pyrrole nitrogens is 1. The van der Waals surface area contributed by atoms with E-state index in [9.17, 15) is 13.6 Å². The number of pyridine rings is 1. The Morgan fingerprint density at radius 3 is 2.69 bits per heavy atom. The maximum atomic E-state index is 12.3. The molecule has 1 rings (SSSR count). The third kappa shape index (κ3) is 2.25. The van der Waals surface area contributed by atoms with Crippen LogP contribution in [0.4, 0.5) is 8.78 Å². The minimum absolute atomic E-state index is 0.0372. The number of aliphatic hydroxyl groups is 1. The van der Waals surface area contributed by atoms with E-state index in [2.05, 4.69) is 4.98 Å². The number of alkyl halides is 2. The molecule has 0 saturated carbocycles. The summed E-state index contributed by atoms with van der Waals surface area (Å²) < 4.78 is 24.5. The van der Waals surface area contributed by atoms with Crippen molar-refractivity contribution in [3.8, 4) is 0 Å². The second kappa shape index (κ2) is 4.14. The van der Waals surface area contributed by atoms with Gasteiger partial charge in [-0.15, -0.1) is 0 Å². The molecule has 3 nitrogen and oxygen atoms in total. The number of aromatic amines is 1. The number of hydrogen-bond donors (Lipinski definition) is 2. The van der Waals surface area contributed by atoms with E-state index in [4.69, 9.17) is 5.11 Å². The first-order valence-corrected chi connectivity index (χ1v) is 4.44. The van der Waals surface area contributed by atoms with Crippen molar-refractivity contribution in [2.75, 3.05) is 0 Å². The molecular weight excluding hydrogens is 295 g/mol. The molecule has 0 spiro atoms. The lowest BCUT2D eigenvalue weighted by molar-refractivity contribution is 0.149. The van der Waals surface area contributed by atoms with E-state index in [0.29, 0.717) is 0 Å². The van der Waals surface area contributed by atoms with E-state index in [0.717, 1.165) is 6.07 Å². The van der Waals surface area contributed by atoms with Crippen LogP contribution in [-0.4, -0.2) is 10.1 Å². The summed E-state index contributed by atoms with van der Waals surface area (Å²) in [6, 6.07) is 1.09. The summed E-state index contributed by atoms with van der Waals surface area (Å²) in [4.78, 5) is 13.3. The van der Waals surface area contributed by atoms with Gasteiger partial charge in [-0.3, -0.25) is 4.79 Å². The lowest BCUT2D eigenvalue weighted by atomic mass is 10.2. The second-order valence-electron chi connectivity index (χ2n) is 2.35. The Hall–Kier alpha value is -0.500. The van der Waals surface area contributed by atoms with E-state index < -0.39 is 18.6 Å². The highest BCUT2D eigenvalue weighted by molar-refractivity contribution is 14.1. The molecule has 1 aromatic heterocycles. The van der Waals surface area contributed by atoms with Crippen molar-refractivity contribution in [1.29, 1.82) is 0 Å². The van der Waals surface area contributed by atoms with E-state index in [1.807, 2.05) is 0 Å². The first-order chi connectivity index (χ1) is 6.06. The van der Waals surface area contributed by atoms with Gasteiger partial charge in [0.05, 0.1) is 10.2 Å². The van der Waals surface area contributed by atoms with Crippen molar-refractivity contribution in [2.45, 2.75) is 13.0 Å². The van der Waals surface area contributed by atoms with Crippen LogP contribution >= 0.6 is 22.6 Å². The predicted octanol–water partition coefficient (Wildman–Crippen LogP) is 1.41. The summed E-state index contributed by atoms with van der Waals surface area (Å²) in [7, 11) is 0. The maximum Gasteiger partial charge on any atom is 0.265 e. The highest BCUT2D eigenvalue weighted by Gasteiger charge is 2.15. The molecule has 0 saturated heterocycles. The molecule has 0 radical (unpaired) electrons. The monoisotopic (exact) mass is 301 g/mol. The number of aromatic nitrogens is 1. The second-order valence-corrected chi connectivity index (χ2v) is 3.43. The minimum Gasteiger partial charge on any atom is -0.390 e. The summed E-state index contributed by atoms with van der Waals surface area (Å²) >= 11 is 1.55. The molecule has 1 aromatic rings. The van der Waals surface area contributed by atoms with Crippen LogP contribution in [0.5, 0.6) is 0 Å². The van der Waals surface area contributed by atoms with Gasteiger partial charge in [0.2, 0.25) is 0 Å². The average Bonchev–Trinajstić information content (AvgIpc) is 2.09. The molecule has 6 heteroatoms. The molecule has 0 bridgehead atoms. The molecule has 0 aliphatic heterocycles. The van der Waals surface area contributed by atoms with Crippen LogP contribution in [0.25, 0.3) is 0 Å². The molecule has 0 amide bonds. The molecule has 13 heavy (non-hydrogen) atoms. The number of halogens is 3. The molecule has 72 valence electrons. The van der Waals surface area contributed by atoms with Crippen LogP contribution in [0.1, 0.15) is 17.7 Å². The summed E-state index contributed by atoms with van der Waals surface area (Å²) in [5.41, 5.74) is -0.837.